The molecule has 0 aliphatic carbocycles. The average Bonchev–Trinajstić information content (AvgIpc) is 3.49. The molecule has 0 N–H and O–H groups in total. The zero-order valence-electron chi connectivity index (χ0n) is 17.4. The fourth-order valence-electron chi connectivity index (χ4n) is 5.01. The number of benzene rings is 1. The lowest BCUT2D eigenvalue weighted by molar-refractivity contribution is 0.274. The van der Waals surface area contributed by atoms with Crippen molar-refractivity contribution >= 4 is 5.82 Å². The van der Waals surface area contributed by atoms with Crippen LogP contribution in [-0.2, 0) is 5.54 Å². The molecule has 0 radical (unpaired) electrons. The largest absolute Gasteiger partial charge is 0.342 e. The fraction of sp³-hybridized carbons (Fsp3) is 0.318. The summed E-state index contributed by atoms with van der Waals surface area (Å²) in [4.78, 5) is 16.1. The van der Waals surface area contributed by atoms with Crippen molar-refractivity contribution in [2.45, 2.75) is 38.1 Å². The van der Waals surface area contributed by atoms with E-state index < -0.39 is 11.6 Å². The van der Waals surface area contributed by atoms with Crippen LogP contribution in [0.4, 0.5) is 14.6 Å². The third-order valence-electron chi connectivity index (χ3n) is 6.57. The smallest absolute Gasteiger partial charge is 0.237 e. The highest BCUT2D eigenvalue weighted by molar-refractivity contribution is 5.65. The van der Waals surface area contributed by atoms with Crippen molar-refractivity contribution in [2.24, 2.45) is 0 Å². The Hall–Kier alpha value is -3.69. The molecule has 1 atom stereocenters. The zero-order valence-corrected chi connectivity index (χ0v) is 17.4. The normalized spacial score (nSPS) is 19.4. The van der Waals surface area contributed by atoms with E-state index in [0.717, 1.165) is 55.6 Å². The van der Waals surface area contributed by atoms with Crippen LogP contribution in [0.3, 0.4) is 0 Å². The highest BCUT2D eigenvalue weighted by Crippen LogP contribution is 2.47. The van der Waals surface area contributed by atoms with Crippen molar-refractivity contribution < 1.29 is 8.78 Å². The third-order valence-corrected chi connectivity index (χ3v) is 6.57. The summed E-state index contributed by atoms with van der Waals surface area (Å²) < 4.78 is 31.5. The van der Waals surface area contributed by atoms with E-state index in [4.69, 9.17) is 4.98 Å². The van der Waals surface area contributed by atoms with E-state index >= 15 is 0 Å². The molecule has 32 heavy (non-hydrogen) atoms. The average molecular weight is 434 g/mol. The summed E-state index contributed by atoms with van der Waals surface area (Å²) in [6.07, 6.45) is 10.7. The topological polar surface area (TPSA) is 77.5 Å². The molecular formula is C22H20F2N8. The molecule has 3 aromatic heterocycles. The van der Waals surface area contributed by atoms with Gasteiger partial charge in [0.25, 0.3) is 0 Å². The molecule has 4 aromatic rings. The predicted molar refractivity (Wildman–Crippen MR) is 113 cm³/mol. The summed E-state index contributed by atoms with van der Waals surface area (Å²) in [6, 6.07) is 3.43. The predicted octanol–water partition coefficient (Wildman–Crippen LogP) is 3.80. The van der Waals surface area contributed by atoms with Crippen LogP contribution < -0.4 is 4.90 Å². The van der Waals surface area contributed by atoms with Crippen LogP contribution in [0.15, 0.2) is 43.1 Å². The highest BCUT2D eigenvalue weighted by Gasteiger charge is 2.48. The maximum atomic E-state index is 14.5. The Bertz CT molecular complexity index is 1330. The van der Waals surface area contributed by atoms with Gasteiger partial charge in [0, 0.05) is 25.0 Å². The molecule has 10 heteroatoms. The number of anilines is 1. The lowest BCUT2D eigenvalue weighted by Gasteiger charge is -2.49. The first-order valence-electron chi connectivity index (χ1n) is 10.7. The number of nitrogens with zero attached hydrogens (tertiary/aromatic N) is 8. The van der Waals surface area contributed by atoms with Crippen molar-refractivity contribution in [1.29, 1.82) is 0 Å². The van der Waals surface area contributed by atoms with Crippen molar-refractivity contribution in [3.63, 3.8) is 0 Å². The highest BCUT2D eigenvalue weighted by atomic mass is 19.1. The van der Waals surface area contributed by atoms with Gasteiger partial charge in [-0.15, -0.1) is 10.2 Å². The second kappa shape index (κ2) is 6.91. The van der Waals surface area contributed by atoms with Gasteiger partial charge < -0.3 is 4.90 Å². The second-order valence-corrected chi connectivity index (χ2v) is 8.14. The summed E-state index contributed by atoms with van der Waals surface area (Å²) >= 11 is 0. The lowest BCUT2D eigenvalue weighted by Crippen LogP contribution is -2.53. The molecule has 1 aromatic carbocycles. The first kappa shape index (κ1) is 19.0. The van der Waals surface area contributed by atoms with Crippen molar-refractivity contribution in [3.05, 3.63) is 60.6 Å². The first-order chi connectivity index (χ1) is 15.6. The van der Waals surface area contributed by atoms with Crippen LogP contribution in [0.2, 0.25) is 0 Å². The molecule has 8 nitrogen and oxygen atoms in total. The fourth-order valence-corrected chi connectivity index (χ4v) is 5.01. The quantitative estimate of drug-likeness (QED) is 0.488. The number of imidazole rings is 1. The number of hydrogen-bond acceptors (Lipinski definition) is 6. The monoisotopic (exact) mass is 434 g/mol. The van der Waals surface area contributed by atoms with Crippen LogP contribution in [0.1, 0.15) is 38.4 Å². The number of piperidine rings is 1. The van der Waals surface area contributed by atoms with E-state index in [0.29, 0.717) is 11.8 Å². The Morgan fingerprint density at radius 3 is 2.88 bits per heavy atom. The summed E-state index contributed by atoms with van der Waals surface area (Å²) in [5.74, 6) is 1.06. The van der Waals surface area contributed by atoms with Gasteiger partial charge in [-0.2, -0.15) is 4.98 Å². The molecule has 0 amide bonds. The van der Waals surface area contributed by atoms with Crippen molar-refractivity contribution in [3.8, 4) is 23.0 Å². The SMILES string of the molecule is CC[C@]12CCCCN1c1nc(-n3ccnc3-c3ccc(F)cc3F)ncc1-n1cnnc12. The minimum atomic E-state index is -0.689. The van der Waals surface area contributed by atoms with Crippen LogP contribution in [0.25, 0.3) is 23.0 Å². The molecule has 1 fully saturated rings. The molecular weight excluding hydrogens is 414 g/mol. The Morgan fingerprint density at radius 2 is 2.03 bits per heavy atom. The van der Waals surface area contributed by atoms with Crippen LogP contribution in [-0.4, -0.2) is 40.8 Å². The van der Waals surface area contributed by atoms with E-state index in [1.165, 1.54) is 12.1 Å². The number of rotatable bonds is 3. The molecule has 0 saturated carbocycles. The van der Waals surface area contributed by atoms with Crippen LogP contribution in [0.5, 0.6) is 0 Å². The van der Waals surface area contributed by atoms with Gasteiger partial charge >= 0.3 is 0 Å². The molecule has 162 valence electrons. The van der Waals surface area contributed by atoms with E-state index in [9.17, 15) is 8.78 Å². The standard InChI is InChI=1S/C22H20F2N8/c1-2-22-7-3-4-9-32(22)19-17(31-13-27-29-20(22)31)12-26-21(28-19)30-10-8-25-18(30)15-6-5-14(23)11-16(15)24/h5-6,8,10-13H,2-4,7,9H2,1H3/t22-/m1/s1. The van der Waals surface area contributed by atoms with Gasteiger partial charge in [-0.1, -0.05) is 6.92 Å². The Labute approximate surface area is 182 Å². The minimum Gasteiger partial charge on any atom is -0.342 e. The van der Waals surface area contributed by atoms with Gasteiger partial charge in [0.15, 0.2) is 11.6 Å². The molecule has 0 unspecified atom stereocenters. The number of aromatic nitrogens is 7. The second-order valence-electron chi connectivity index (χ2n) is 8.14. The van der Waals surface area contributed by atoms with Crippen LogP contribution >= 0.6 is 0 Å². The van der Waals surface area contributed by atoms with Gasteiger partial charge in [-0.3, -0.25) is 9.13 Å². The van der Waals surface area contributed by atoms with Crippen molar-refractivity contribution in [1.82, 2.24) is 34.3 Å². The maximum Gasteiger partial charge on any atom is 0.237 e. The zero-order chi connectivity index (χ0) is 21.9. The van der Waals surface area contributed by atoms with Gasteiger partial charge in [-0.25, -0.2) is 18.7 Å². The molecule has 1 saturated heterocycles. The van der Waals surface area contributed by atoms with Crippen molar-refractivity contribution in [2.75, 3.05) is 11.4 Å². The van der Waals surface area contributed by atoms with Gasteiger partial charge in [0.1, 0.15) is 35.0 Å². The molecule has 2 aliphatic heterocycles. The molecule has 0 spiro atoms. The number of fused-ring (bicyclic) bond motifs is 6. The van der Waals surface area contributed by atoms with Gasteiger partial charge in [0.05, 0.1) is 11.8 Å². The third kappa shape index (κ3) is 2.55. The van der Waals surface area contributed by atoms with E-state index in [1.54, 1.807) is 29.5 Å². The van der Waals surface area contributed by atoms with E-state index in [1.807, 2.05) is 4.57 Å². The lowest BCUT2D eigenvalue weighted by atomic mass is 9.82. The molecule has 2 aliphatic rings. The molecule has 0 bridgehead atoms. The first-order valence-corrected chi connectivity index (χ1v) is 10.7. The Kier molecular flexibility index (Phi) is 4.11. The number of halogens is 2. The minimum absolute atomic E-state index is 0.180. The summed E-state index contributed by atoms with van der Waals surface area (Å²) in [5.41, 5.74) is 0.725. The summed E-state index contributed by atoms with van der Waals surface area (Å²) in [7, 11) is 0. The summed E-state index contributed by atoms with van der Waals surface area (Å²) in [6.45, 7) is 3.02. The molecule has 6 rings (SSSR count). The van der Waals surface area contributed by atoms with E-state index in [2.05, 4.69) is 32.0 Å². The van der Waals surface area contributed by atoms with Crippen LogP contribution in [0, 0.1) is 11.6 Å². The number of hydrogen-bond donors (Lipinski definition) is 0. The van der Waals surface area contributed by atoms with Gasteiger partial charge in [-0.05, 0) is 37.8 Å². The summed E-state index contributed by atoms with van der Waals surface area (Å²) in [5, 5.41) is 8.63. The Balaban J connectivity index is 1.52. The van der Waals surface area contributed by atoms with E-state index in [-0.39, 0.29) is 11.1 Å². The van der Waals surface area contributed by atoms with Gasteiger partial charge in [0.2, 0.25) is 5.95 Å². The Morgan fingerprint density at radius 1 is 1.12 bits per heavy atom. The molecule has 5 heterocycles. The maximum absolute atomic E-state index is 14.5.